The van der Waals surface area contributed by atoms with Crippen molar-refractivity contribution in [2.24, 2.45) is 16.3 Å². The van der Waals surface area contributed by atoms with Gasteiger partial charge in [-0.3, -0.25) is 9.79 Å². The van der Waals surface area contributed by atoms with Gasteiger partial charge in [0, 0.05) is 30.9 Å². The number of allylic oxidation sites excluding steroid dienone is 1. The van der Waals surface area contributed by atoms with Gasteiger partial charge in [-0.15, -0.1) is 0 Å². The summed E-state index contributed by atoms with van der Waals surface area (Å²) >= 11 is 0. The minimum Gasteiger partial charge on any atom is -0.480 e. The first-order valence-corrected chi connectivity index (χ1v) is 14.4. The van der Waals surface area contributed by atoms with E-state index in [9.17, 15) is 19.8 Å². The first kappa shape index (κ1) is 30.3. The Morgan fingerprint density at radius 2 is 1.71 bits per heavy atom. The minimum absolute atomic E-state index is 0.364. The third-order valence-electron chi connectivity index (χ3n) is 7.98. The van der Waals surface area contributed by atoms with Crippen LogP contribution in [-0.4, -0.2) is 57.7 Å². The molecule has 1 saturated heterocycles. The third-order valence-corrected chi connectivity index (χ3v) is 7.98. The summed E-state index contributed by atoms with van der Waals surface area (Å²) in [5, 5.41) is 22.5. The number of aliphatic carboxylic acids is 1. The molecule has 2 heterocycles. The zero-order chi connectivity index (χ0) is 29.8. The summed E-state index contributed by atoms with van der Waals surface area (Å²) in [6.07, 6.45) is 0.873. The van der Waals surface area contributed by atoms with E-state index in [0.29, 0.717) is 61.5 Å². The Morgan fingerprint density at radius 3 is 2.32 bits per heavy atom. The van der Waals surface area contributed by atoms with Crippen molar-refractivity contribution >= 4 is 17.8 Å². The number of para-hydroxylation sites is 1. The zero-order valence-electron chi connectivity index (χ0n) is 24.7. The number of amides is 1. The number of benzene rings is 2. The fraction of sp³-hybridized carbons (Fsp3) is 0.485. The molecule has 220 valence electrons. The number of aliphatic hydroxyl groups excluding tert-OH is 1. The van der Waals surface area contributed by atoms with E-state index in [2.05, 4.69) is 0 Å². The molecule has 0 saturated carbocycles. The quantitative estimate of drug-likeness (QED) is 0.374. The molecule has 0 aliphatic carbocycles. The summed E-state index contributed by atoms with van der Waals surface area (Å²) in [5.41, 5.74) is 0.526. The highest BCUT2D eigenvalue weighted by Gasteiger charge is 2.57. The normalized spacial score (nSPS) is 21.9. The number of carbonyl (C=O) groups is 2. The minimum atomic E-state index is -1.53. The molecule has 0 aromatic heterocycles. The van der Waals surface area contributed by atoms with E-state index in [0.717, 1.165) is 17.7 Å². The molecule has 2 N–H and O–H groups in total. The van der Waals surface area contributed by atoms with Crippen molar-refractivity contribution in [2.45, 2.75) is 78.4 Å². The summed E-state index contributed by atoms with van der Waals surface area (Å²) in [4.78, 5) is 32.4. The molecule has 2 aliphatic heterocycles. The van der Waals surface area contributed by atoms with Crippen LogP contribution in [0.15, 0.2) is 70.9 Å². The van der Waals surface area contributed by atoms with Crippen LogP contribution in [0, 0.1) is 11.3 Å². The summed E-state index contributed by atoms with van der Waals surface area (Å²) in [5.74, 6) is -0.0227. The lowest BCUT2D eigenvalue weighted by atomic mass is 9.60. The number of likely N-dealkylation sites (tertiary alicyclic amines) is 1. The van der Waals surface area contributed by atoms with Crippen LogP contribution in [-0.2, 0) is 16.0 Å². The van der Waals surface area contributed by atoms with Crippen LogP contribution in [0.5, 0.6) is 11.5 Å². The number of piperidine rings is 1. The van der Waals surface area contributed by atoms with Crippen LogP contribution in [0.25, 0.3) is 0 Å². The van der Waals surface area contributed by atoms with Crippen molar-refractivity contribution in [3.05, 3.63) is 71.4 Å². The number of carboxylic acids is 1. The highest BCUT2D eigenvalue weighted by Crippen LogP contribution is 2.49. The van der Waals surface area contributed by atoms with Gasteiger partial charge in [-0.05, 0) is 88.3 Å². The fourth-order valence-electron chi connectivity index (χ4n) is 6.01. The smallest absolute Gasteiger partial charge is 0.410 e. The maximum absolute atomic E-state index is 13.2. The molecule has 2 aromatic rings. The van der Waals surface area contributed by atoms with Gasteiger partial charge in [0.1, 0.15) is 28.6 Å². The van der Waals surface area contributed by atoms with Gasteiger partial charge in [0.05, 0.1) is 0 Å². The van der Waals surface area contributed by atoms with Gasteiger partial charge < -0.3 is 24.6 Å². The van der Waals surface area contributed by atoms with Gasteiger partial charge in [-0.1, -0.05) is 43.7 Å². The molecule has 8 heteroatoms. The van der Waals surface area contributed by atoms with Gasteiger partial charge in [0.2, 0.25) is 0 Å². The van der Waals surface area contributed by atoms with Crippen molar-refractivity contribution in [3.63, 3.8) is 0 Å². The Morgan fingerprint density at radius 1 is 1.05 bits per heavy atom. The third kappa shape index (κ3) is 6.64. The lowest BCUT2D eigenvalue weighted by molar-refractivity contribution is -0.156. The average molecular weight is 563 g/mol. The van der Waals surface area contributed by atoms with Crippen LogP contribution in [0.3, 0.4) is 0 Å². The summed E-state index contributed by atoms with van der Waals surface area (Å²) in [7, 11) is 0. The van der Waals surface area contributed by atoms with Crippen LogP contribution in [0.1, 0.15) is 65.9 Å². The topological polar surface area (TPSA) is 109 Å². The van der Waals surface area contributed by atoms with Crippen molar-refractivity contribution in [1.29, 1.82) is 0 Å². The molecule has 8 nitrogen and oxygen atoms in total. The molecule has 2 unspecified atom stereocenters. The molecular formula is C33H42N2O6. The molecule has 0 bridgehead atoms. The second-order valence-electron chi connectivity index (χ2n) is 12.0. The monoisotopic (exact) mass is 562 g/mol. The van der Waals surface area contributed by atoms with Crippen LogP contribution >= 0.6 is 0 Å². The van der Waals surface area contributed by atoms with E-state index in [1.54, 1.807) is 11.8 Å². The standard InChI is InChI=1S/C33H42N2O6/c1-6-11-27-29(36)33(30(37)38,24-16-18-35(19-17-24)31(39)41-32(3,4)5)22(2)28(34-27)21-23-12-10-15-26(20-23)40-25-13-8-7-9-14-25/h7-10,12-15,20,24,29,36H,6,11,16-19,21H2,1-5H3,(H,37,38). The number of aliphatic hydroxyl groups is 1. The van der Waals surface area contributed by atoms with Crippen LogP contribution < -0.4 is 4.74 Å². The Labute approximate surface area is 242 Å². The number of nitrogens with zero attached hydrogens (tertiary/aromatic N) is 2. The van der Waals surface area contributed by atoms with E-state index in [1.807, 2.05) is 82.3 Å². The van der Waals surface area contributed by atoms with Gasteiger partial charge in [0.15, 0.2) is 0 Å². The summed E-state index contributed by atoms with van der Waals surface area (Å²) in [6.45, 7) is 9.98. The number of aliphatic imine (C=N–C) groups is 1. The molecule has 0 radical (unpaired) electrons. The highest BCUT2D eigenvalue weighted by atomic mass is 16.6. The number of carbonyl (C=O) groups excluding carboxylic acids is 1. The summed E-state index contributed by atoms with van der Waals surface area (Å²) < 4.78 is 11.6. The Bertz CT molecular complexity index is 1300. The molecule has 2 aromatic carbocycles. The highest BCUT2D eigenvalue weighted by molar-refractivity contribution is 5.98. The lowest BCUT2D eigenvalue weighted by Gasteiger charge is -2.47. The van der Waals surface area contributed by atoms with E-state index in [-0.39, 0.29) is 5.92 Å². The average Bonchev–Trinajstić information content (AvgIpc) is 2.92. The number of hydrogen-bond acceptors (Lipinski definition) is 6. The van der Waals surface area contributed by atoms with Crippen molar-refractivity contribution in [1.82, 2.24) is 4.90 Å². The molecule has 1 amide bonds. The molecule has 4 rings (SSSR count). The van der Waals surface area contributed by atoms with Crippen molar-refractivity contribution < 1.29 is 29.3 Å². The SMILES string of the molecule is CCCC1=NC(Cc2cccc(Oc3ccccc3)c2)=C(C)C(C(=O)O)(C2CCN(C(=O)OC(C)(C)C)CC2)C1O. The predicted molar refractivity (Wildman–Crippen MR) is 158 cm³/mol. The van der Waals surface area contributed by atoms with Crippen LogP contribution in [0.4, 0.5) is 4.79 Å². The predicted octanol–water partition coefficient (Wildman–Crippen LogP) is 6.63. The van der Waals surface area contributed by atoms with E-state index >= 15 is 0 Å². The second-order valence-corrected chi connectivity index (χ2v) is 12.0. The van der Waals surface area contributed by atoms with Crippen molar-refractivity contribution in [2.75, 3.05) is 13.1 Å². The molecule has 0 spiro atoms. The van der Waals surface area contributed by atoms with E-state index in [1.165, 1.54) is 0 Å². The second kappa shape index (κ2) is 12.5. The zero-order valence-corrected chi connectivity index (χ0v) is 24.7. The lowest BCUT2D eigenvalue weighted by Crippen LogP contribution is -2.57. The number of ether oxygens (including phenoxy) is 2. The van der Waals surface area contributed by atoms with Crippen LogP contribution in [0.2, 0.25) is 0 Å². The Hall–Kier alpha value is -3.65. The Balaban J connectivity index is 1.64. The summed E-state index contributed by atoms with van der Waals surface area (Å²) in [6, 6.07) is 17.2. The number of carboxylic acid groups (broad SMARTS) is 1. The molecule has 1 fully saturated rings. The van der Waals surface area contributed by atoms with Gasteiger partial charge in [-0.25, -0.2) is 4.79 Å². The maximum Gasteiger partial charge on any atom is 0.410 e. The molecule has 2 aliphatic rings. The van der Waals surface area contributed by atoms with Gasteiger partial charge in [-0.2, -0.15) is 0 Å². The fourth-order valence-corrected chi connectivity index (χ4v) is 6.01. The maximum atomic E-state index is 13.2. The number of rotatable bonds is 8. The Kier molecular flexibility index (Phi) is 9.22. The van der Waals surface area contributed by atoms with E-state index < -0.39 is 29.2 Å². The molecular weight excluding hydrogens is 520 g/mol. The van der Waals surface area contributed by atoms with Gasteiger partial charge in [0.25, 0.3) is 0 Å². The first-order chi connectivity index (χ1) is 19.5. The van der Waals surface area contributed by atoms with E-state index in [4.69, 9.17) is 14.5 Å². The van der Waals surface area contributed by atoms with Gasteiger partial charge >= 0.3 is 12.1 Å². The van der Waals surface area contributed by atoms with Crippen molar-refractivity contribution in [3.8, 4) is 11.5 Å². The molecule has 2 atom stereocenters. The number of hydrogen-bond donors (Lipinski definition) is 2. The largest absolute Gasteiger partial charge is 0.480 e. The first-order valence-electron chi connectivity index (χ1n) is 14.4. The molecule has 41 heavy (non-hydrogen) atoms.